The highest BCUT2D eigenvalue weighted by Gasteiger charge is 2.13. The minimum Gasteiger partial charge on any atom is -0.457 e. The molecule has 136 valence electrons. The molecular formula is C18H23Cl2N3O2. The van der Waals surface area contributed by atoms with Crippen LogP contribution in [0.1, 0.15) is 0 Å². The second kappa shape index (κ2) is 10.9. The van der Waals surface area contributed by atoms with E-state index in [2.05, 4.69) is 15.5 Å². The quantitative estimate of drug-likeness (QED) is 0.832. The van der Waals surface area contributed by atoms with Gasteiger partial charge in [0, 0.05) is 31.9 Å². The summed E-state index contributed by atoms with van der Waals surface area (Å²) in [7, 11) is 0. The Hall–Kier alpha value is -1.79. The Balaban J connectivity index is 0.00000156. The van der Waals surface area contributed by atoms with Crippen molar-refractivity contribution in [2.45, 2.75) is 0 Å². The Labute approximate surface area is 160 Å². The fraction of sp³-hybridized carbons (Fsp3) is 0.278. The molecule has 1 saturated heterocycles. The fourth-order valence-electron chi connectivity index (χ4n) is 2.50. The number of rotatable bonds is 5. The van der Waals surface area contributed by atoms with Crippen LogP contribution in [-0.2, 0) is 4.79 Å². The molecule has 0 saturated carbocycles. The van der Waals surface area contributed by atoms with E-state index in [4.69, 9.17) is 4.74 Å². The molecule has 1 fully saturated rings. The van der Waals surface area contributed by atoms with Crippen LogP contribution in [0.5, 0.6) is 11.5 Å². The first kappa shape index (κ1) is 21.3. The van der Waals surface area contributed by atoms with Gasteiger partial charge in [-0.25, -0.2) is 0 Å². The molecule has 1 amide bonds. The van der Waals surface area contributed by atoms with Gasteiger partial charge in [0.2, 0.25) is 5.91 Å². The summed E-state index contributed by atoms with van der Waals surface area (Å²) in [4.78, 5) is 14.2. The summed E-state index contributed by atoms with van der Waals surface area (Å²) in [5.74, 6) is 1.56. The molecule has 1 aliphatic heterocycles. The van der Waals surface area contributed by atoms with Gasteiger partial charge in [0.05, 0.1) is 6.54 Å². The van der Waals surface area contributed by atoms with E-state index in [0.29, 0.717) is 6.54 Å². The van der Waals surface area contributed by atoms with Crippen molar-refractivity contribution in [2.24, 2.45) is 0 Å². The van der Waals surface area contributed by atoms with Crippen molar-refractivity contribution in [3.8, 4) is 11.5 Å². The molecule has 0 radical (unpaired) electrons. The number of para-hydroxylation sites is 1. The van der Waals surface area contributed by atoms with Crippen LogP contribution in [0.2, 0.25) is 0 Å². The lowest BCUT2D eigenvalue weighted by Crippen LogP contribution is -2.46. The summed E-state index contributed by atoms with van der Waals surface area (Å²) in [5, 5.41) is 6.20. The molecule has 0 aliphatic carbocycles. The molecule has 3 rings (SSSR count). The Morgan fingerprint density at radius 3 is 2.20 bits per heavy atom. The summed E-state index contributed by atoms with van der Waals surface area (Å²) in [6.07, 6.45) is 0. The van der Waals surface area contributed by atoms with Crippen LogP contribution < -0.4 is 15.4 Å². The molecule has 25 heavy (non-hydrogen) atoms. The predicted octanol–water partition coefficient (Wildman–Crippen LogP) is 3.17. The molecule has 7 heteroatoms. The summed E-state index contributed by atoms with van der Waals surface area (Å²) in [6.45, 7) is 4.15. The third kappa shape index (κ3) is 6.92. The maximum absolute atomic E-state index is 12.1. The number of ether oxygens (including phenoxy) is 1. The van der Waals surface area contributed by atoms with Crippen LogP contribution in [0.15, 0.2) is 54.6 Å². The standard InChI is InChI=1S/C18H21N3O2.2ClH/c22-18(14-21-12-10-19-11-13-21)20-15-6-8-17(9-7-15)23-16-4-2-1-3-5-16;;/h1-9,19H,10-14H2,(H,20,22);2*1H. The predicted molar refractivity (Wildman–Crippen MR) is 105 cm³/mol. The molecule has 1 aliphatic rings. The average molecular weight is 384 g/mol. The Kier molecular flexibility index (Phi) is 9.31. The van der Waals surface area contributed by atoms with Gasteiger partial charge in [0.15, 0.2) is 0 Å². The number of hydrogen-bond acceptors (Lipinski definition) is 4. The van der Waals surface area contributed by atoms with Gasteiger partial charge in [-0.2, -0.15) is 0 Å². The lowest BCUT2D eigenvalue weighted by atomic mass is 10.3. The van der Waals surface area contributed by atoms with Crippen molar-refractivity contribution in [2.75, 3.05) is 38.0 Å². The van der Waals surface area contributed by atoms with Crippen LogP contribution in [0, 0.1) is 0 Å². The highest BCUT2D eigenvalue weighted by atomic mass is 35.5. The van der Waals surface area contributed by atoms with E-state index in [0.717, 1.165) is 43.4 Å². The molecule has 0 unspecified atom stereocenters. The maximum Gasteiger partial charge on any atom is 0.238 e. The van der Waals surface area contributed by atoms with E-state index in [1.165, 1.54) is 0 Å². The first-order valence-corrected chi connectivity index (χ1v) is 7.85. The number of carbonyl (C=O) groups excluding carboxylic acids is 1. The van der Waals surface area contributed by atoms with E-state index in [-0.39, 0.29) is 30.7 Å². The van der Waals surface area contributed by atoms with E-state index < -0.39 is 0 Å². The van der Waals surface area contributed by atoms with Crippen molar-refractivity contribution in [1.29, 1.82) is 0 Å². The average Bonchev–Trinajstić information content (AvgIpc) is 2.58. The lowest BCUT2D eigenvalue weighted by Gasteiger charge is -2.26. The Morgan fingerprint density at radius 2 is 1.56 bits per heavy atom. The van der Waals surface area contributed by atoms with Crippen LogP contribution >= 0.6 is 24.8 Å². The van der Waals surface area contributed by atoms with Crippen molar-refractivity contribution in [3.05, 3.63) is 54.6 Å². The molecule has 1 heterocycles. The number of anilines is 1. The molecule has 2 aromatic rings. The maximum atomic E-state index is 12.1. The number of nitrogens with one attached hydrogen (secondary N) is 2. The Morgan fingerprint density at radius 1 is 0.960 bits per heavy atom. The van der Waals surface area contributed by atoms with E-state index in [9.17, 15) is 4.79 Å². The van der Waals surface area contributed by atoms with Crippen LogP contribution in [0.25, 0.3) is 0 Å². The van der Waals surface area contributed by atoms with Crippen molar-refractivity contribution in [3.63, 3.8) is 0 Å². The van der Waals surface area contributed by atoms with E-state index in [1.807, 2.05) is 54.6 Å². The van der Waals surface area contributed by atoms with Crippen molar-refractivity contribution < 1.29 is 9.53 Å². The SMILES string of the molecule is Cl.Cl.O=C(CN1CCNCC1)Nc1ccc(Oc2ccccc2)cc1. The lowest BCUT2D eigenvalue weighted by molar-refractivity contribution is -0.117. The number of nitrogens with zero attached hydrogens (tertiary/aromatic N) is 1. The van der Waals surface area contributed by atoms with Crippen LogP contribution in [0.4, 0.5) is 5.69 Å². The van der Waals surface area contributed by atoms with Gasteiger partial charge in [0.25, 0.3) is 0 Å². The summed E-state index contributed by atoms with van der Waals surface area (Å²) >= 11 is 0. The first-order valence-electron chi connectivity index (χ1n) is 7.85. The smallest absolute Gasteiger partial charge is 0.238 e. The van der Waals surface area contributed by atoms with Gasteiger partial charge in [0.1, 0.15) is 11.5 Å². The molecule has 2 aromatic carbocycles. The third-order valence-corrected chi connectivity index (χ3v) is 3.69. The molecular weight excluding hydrogens is 361 g/mol. The number of halogens is 2. The van der Waals surface area contributed by atoms with E-state index >= 15 is 0 Å². The number of carbonyl (C=O) groups is 1. The summed E-state index contributed by atoms with van der Waals surface area (Å²) in [5.41, 5.74) is 0.783. The molecule has 0 aromatic heterocycles. The highest BCUT2D eigenvalue weighted by molar-refractivity contribution is 5.92. The largest absolute Gasteiger partial charge is 0.457 e. The van der Waals surface area contributed by atoms with Gasteiger partial charge < -0.3 is 15.4 Å². The van der Waals surface area contributed by atoms with Crippen LogP contribution in [-0.4, -0.2) is 43.5 Å². The van der Waals surface area contributed by atoms with Crippen molar-refractivity contribution in [1.82, 2.24) is 10.2 Å². The number of piperazine rings is 1. The number of benzene rings is 2. The third-order valence-electron chi connectivity index (χ3n) is 3.69. The highest BCUT2D eigenvalue weighted by Crippen LogP contribution is 2.22. The minimum atomic E-state index is 0. The van der Waals surface area contributed by atoms with Gasteiger partial charge >= 0.3 is 0 Å². The van der Waals surface area contributed by atoms with Gasteiger partial charge in [-0.3, -0.25) is 9.69 Å². The zero-order valence-corrected chi connectivity index (χ0v) is 15.4. The number of hydrogen-bond donors (Lipinski definition) is 2. The van der Waals surface area contributed by atoms with E-state index in [1.54, 1.807) is 0 Å². The van der Waals surface area contributed by atoms with Crippen molar-refractivity contribution >= 4 is 36.4 Å². The second-order valence-corrected chi connectivity index (χ2v) is 5.51. The van der Waals surface area contributed by atoms with Crippen LogP contribution in [0.3, 0.4) is 0 Å². The second-order valence-electron chi connectivity index (χ2n) is 5.51. The minimum absolute atomic E-state index is 0. The Bertz CT molecular complexity index is 633. The monoisotopic (exact) mass is 383 g/mol. The molecule has 0 atom stereocenters. The zero-order valence-electron chi connectivity index (χ0n) is 13.8. The topological polar surface area (TPSA) is 53.6 Å². The van der Waals surface area contributed by atoms with Gasteiger partial charge in [-0.15, -0.1) is 24.8 Å². The fourth-order valence-corrected chi connectivity index (χ4v) is 2.50. The van der Waals surface area contributed by atoms with Gasteiger partial charge in [-0.05, 0) is 36.4 Å². The molecule has 2 N–H and O–H groups in total. The molecule has 5 nitrogen and oxygen atoms in total. The number of amides is 1. The normalized spacial score (nSPS) is 13.9. The summed E-state index contributed by atoms with van der Waals surface area (Å²) < 4.78 is 5.73. The zero-order chi connectivity index (χ0) is 15.9. The first-order chi connectivity index (χ1) is 11.3. The molecule has 0 bridgehead atoms. The summed E-state index contributed by atoms with van der Waals surface area (Å²) in [6, 6.07) is 17.0. The molecule has 0 spiro atoms. The van der Waals surface area contributed by atoms with Gasteiger partial charge in [-0.1, -0.05) is 18.2 Å².